The van der Waals surface area contributed by atoms with Gasteiger partial charge >= 0.3 is 0 Å². The van der Waals surface area contributed by atoms with E-state index in [1.165, 1.54) is 44.5 Å². The van der Waals surface area contributed by atoms with Crippen LogP contribution in [-0.4, -0.2) is 40.9 Å². The first kappa shape index (κ1) is 14.5. The molecular weight excluding hydrogens is 236 g/mol. The van der Waals surface area contributed by atoms with Crippen molar-refractivity contribution in [3.8, 4) is 0 Å². The minimum Gasteiger partial charge on any atom is -0.313 e. The van der Waals surface area contributed by atoms with Crippen LogP contribution in [0.4, 0.5) is 0 Å². The highest BCUT2D eigenvalue weighted by Gasteiger charge is 2.13. The summed E-state index contributed by atoms with van der Waals surface area (Å²) in [6, 6.07) is 0. The predicted molar refractivity (Wildman–Crippen MR) is 79.2 cm³/mol. The third kappa shape index (κ3) is 4.62. The molecule has 0 amide bonds. The largest absolute Gasteiger partial charge is 0.313 e. The van der Waals surface area contributed by atoms with E-state index >= 15 is 0 Å². The molecule has 0 atom stereocenters. The second-order valence-corrected chi connectivity index (χ2v) is 6.54. The molecule has 1 saturated heterocycles. The molecule has 1 fully saturated rings. The summed E-state index contributed by atoms with van der Waals surface area (Å²) in [5, 5.41) is 7.93. The van der Waals surface area contributed by atoms with Gasteiger partial charge in [-0.2, -0.15) is 5.10 Å². The maximum Gasteiger partial charge on any atom is 0.0543 e. The van der Waals surface area contributed by atoms with Gasteiger partial charge < -0.3 is 10.2 Å². The normalized spacial score (nSPS) is 17.2. The first-order chi connectivity index (χ1) is 9.05. The molecule has 0 radical (unpaired) electrons. The van der Waals surface area contributed by atoms with Crippen molar-refractivity contribution in [1.82, 2.24) is 20.0 Å². The van der Waals surface area contributed by atoms with Crippen molar-refractivity contribution in [2.75, 3.05) is 26.2 Å². The van der Waals surface area contributed by atoms with Gasteiger partial charge in [0.1, 0.15) is 0 Å². The quantitative estimate of drug-likeness (QED) is 0.800. The van der Waals surface area contributed by atoms with Gasteiger partial charge in [-0.05, 0) is 66.2 Å². The molecular formula is C15H28N4. The van der Waals surface area contributed by atoms with Crippen LogP contribution in [-0.2, 0) is 12.1 Å². The summed E-state index contributed by atoms with van der Waals surface area (Å²) in [6.45, 7) is 12.4. The summed E-state index contributed by atoms with van der Waals surface area (Å²) in [4.78, 5) is 2.57. The van der Waals surface area contributed by atoms with E-state index in [1.54, 1.807) is 0 Å². The number of hydrogen-bond acceptors (Lipinski definition) is 3. The van der Waals surface area contributed by atoms with Gasteiger partial charge in [0.05, 0.1) is 11.7 Å². The summed E-state index contributed by atoms with van der Waals surface area (Å²) in [7, 11) is 0. The lowest BCUT2D eigenvalue weighted by atomic mass is 10.1. The van der Waals surface area contributed by atoms with Crippen LogP contribution < -0.4 is 5.32 Å². The van der Waals surface area contributed by atoms with Gasteiger partial charge in [0.25, 0.3) is 0 Å². The van der Waals surface area contributed by atoms with Gasteiger partial charge in [-0.1, -0.05) is 0 Å². The fourth-order valence-corrected chi connectivity index (χ4v) is 2.48. The van der Waals surface area contributed by atoms with Crippen molar-refractivity contribution in [1.29, 1.82) is 0 Å². The first-order valence-electron chi connectivity index (χ1n) is 7.53. The summed E-state index contributed by atoms with van der Waals surface area (Å²) in [5.41, 5.74) is 1.35. The van der Waals surface area contributed by atoms with Crippen molar-refractivity contribution >= 4 is 0 Å². The second kappa shape index (κ2) is 6.53. The zero-order valence-corrected chi connectivity index (χ0v) is 12.7. The third-order valence-corrected chi connectivity index (χ3v) is 3.68. The molecule has 0 unspecified atom stereocenters. The molecule has 0 aliphatic carbocycles. The molecule has 0 spiro atoms. The number of nitrogens with one attached hydrogen (secondary N) is 1. The molecule has 4 heteroatoms. The van der Waals surface area contributed by atoms with Crippen molar-refractivity contribution < 1.29 is 0 Å². The Balaban J connectivity index is 1.61. The van der Waals surface area contributed by atoms with Gasteiger partial charge in [0, 0.05) is 18.3 Å². The highest BCUT2D eigenvalue weighted by Crippen LogP contribution is 2.13. The Labute approximate surface area is 117 Å². The van der Waals surface area contributed by atoms with Crippen LogP contribution in [0.15, 0.2) is 12.4 Å². The number of hydrogen-bond donors (Lipinski definition) is 1. The molecule has 108 valence electrons. The smallest absolute Gasteiger partial charge is 0.0543 e. The third-order valence-electron chi connectivity index (χ3n) is 3.68. The lowest BCUT2D eigenvalue weighted by molar-refractivity contribution is 0.331. The maximum atomic E-state index is 4.42. The van der Waals surface area contributed by atoms with Gasteiger partial charge in [-0.25, -0.2) is 0 Å². The first-order valence-corrected chi connectivity index (χ1v) is 7.53. The molecule has 1 aliphatic rings. The minimum atomic E-state index is 0.0774. The fraction of sp³-hybridized carbons (Fsp3) is 0.800. The summed E-state index contributed by atoms with van der Waals surface area (Å²) < 4.78 is 2.04. The van der Waals surface area contributed by atoms with Crippen LogP contribution in [0.1, 0.15) is 45.6 Å². The molecule has 0 aromatic carbocycles. The lowest BCUT2D eigenvalue weighted by Gasteiger charge is -2.18. The maximum absolute atomic E-state index is 4.42. The van der Waals surface area contributed by atoms with Crippen LogP contribution in [0.25, 0.3) is 0 Å². The van der Waals surface area contributed by atoms with Crippen molar-refractivity contribution in [3.63, 3.8) is 0 Å². The number of nitrogens with zero attached hydrogens (tertiary/aromatic N) is 3. The van der Waals surface area contributed by atoms with E-state index < -0.39 is 0 Å². The Morgan fingerprint density at radius 1 is 1.26 bits per heavy atom. The van der Waals surface area contributed by atoms with E-state index in [0.717, 1.165) is 13.1 Å². The van der Waals surface area contributed by atoms with Gasteiger partial charge in [-0.15, -0.1) is 0 Å². The SMILES string of the molecule is CC(C)(C)n1cc(CNCCCN2CCCC2)cn1. The molecule has 4 nitrogen and oxygen atoms in total. The Kier molecular flexibility index (Phi) is 4.99. The summed E-state index contributed by atoms with van der Waals surface area (Å²) >= 11 is 0. The molecule has 1 aromatic rings. The monoisotopic (exact) mass is 264 g/mol. The molecule has 0 saturated carbocycles. The molecule has 19 heavy (non-hydrogen) atoms. The average Bonchev–Trinajstić information content (AvgIpc) is 2.97. The Morgan fingerprint density at radius 2 is 2.00 bits per heavy atom. The topological polar surface area (TPSA) is 33.1 Å². The van der Waals surface area contributed by atoms with Crippen LogP contribution in [0, 0.1) is 0 Å². The molecule has 1 aliphatic heterocycles. The van der Waals surface area contributed by atoms with E-state index in [4.69, 9.17) is 0 Å². The van der Waals surface area contributed by atoms with E-state index in [1.807, 2.05) is 10.9 Å². The van der Waals surface area contributed by atoms with E-state index in [2.05, 4.69) is 42.3 Å². The van der Waals surface area contributed by atoms with Crippen LogP contribution >= 0.6 is 0 Å². The zero-order chi connectivity index (χ0) is 13.7. The fourth-order valence-electron chi connectivity index (χ4n) is 2.48. The molecule has 1 N–H and O–H groups in total. The van der Waals surface area contributed by atoms with Gasteiger partial charge in [-0.3, -0.25) is 4.68 Å². The summed E-state index contributed by atoms with van der Waals surface area (Å²) in [6.07, 6.45) is 8.14. The van der Waals surface area contributed by atoms with Crippen molar-refractivity contribution in [2.45, 2.75) is 52.1 Å². The molecule has 0 bridgehead atoms. The van der Waals surface area contributed by atoms with Gasteiger partial charge in [0.15, 0.2) is 0 Å². The predicted octanol–water partition coefficient (Wildman–Crippen LogP) is 2.21. The standard InChI is InChI=1S/C15H28N4/c1-15(2,3)19-13-14(12-17-19)11-16-7-6-10-18-8-4-5-9-18/h12-13,16H,4-11H2,1-3H3. The number of likely N-dealkylation sites (tertiary alicyclic amines) is 1. The summed E-state index contributed by atoms with van der Waals surface area (Å²) in [5.74, 6) is 0. The lowest BCUT2D eigenvalue weighted by Crippen LogP contribution is -2.24. The van der Waals surface area contributed by atoms with E-state index in [-0.39, 0.29) is 5.54 Å². The molecule has 2 heterocycles. The Bertz CT molecular complexity index is 372. The highest BCUT2D eigenvalue weighted by atomic mass is 15.3. The van der Waals surface area contributed by atoms with Gasteiger partial charge in [0.2, 0.25) is 0 Å². The minimum absolute atomic E-state index is 0.0774. The van der Waals surface area contributed by atoms with Crippen molar-refractivity contribution in [2.24, 2.45) is 0 Å². The average molecular weight is 264 g/mol. The molecule has 1 aromatic heterocycles. The Morgan fingerprint density at radius 3 is 2.63 bits per heavy atom. The number of aromatic nitrogens is 2. The van der Waals surface area contributed by atoms with Crippen LogP contribution in [0.5, 0.6) is 0 Å². The van der Waals surface area contributed by atoms with Crippen LogP contribution in [0.2, 0.25) is 0 Å². The Hall–Kier alpha value is -0.870. The van der Waals surface area contributed by atoms with E-state index in [9.17, 15) is 0 Å². The van der Waals surface area contributed by atoms with E-state index in [0.29, 0.717) is 0 Å². The highest BCUT2D eigenvalue weighted by molar-refractivity contribution is 5.04. The zero-order valence-electron chi connectivity index (χ0n) is 12.7. The molecule has 2 rings (SSSR count). The van der Waals surface area contributed by atoms with Crippen LogP contribution in [0.3, 0.4) is 0 Å². The van der Waals surface area contributed by atoms with Crippen molar-refractivity contribution in [3.05, 3.63) is 18.0 Å². The number of rotatable bonds is 6. The second-order valence-electron chi connectivity index (χ2n) is 6.54.